The highest BCUT2D eigenvalue weighted by Crippen LogP contribution is 2.26. The summed E-state index contributed by atoms with van der Waals surface area (Å²) in [5, 5.41) is 8.87. The normalized spacial score (nSPS) is 12.8. The third kappa shape index (κ3) is 2.01. The Hall–Kier alpha value is -1.53. The molecular weight excluding hydrogens is 242 g/mol. The van der Waals surface area contributed by atoms with Crippen LogP contribution >= 0.6 is 11.6 Å². The Morgan fingerprint density at radius 3 is 2.59 bits per heavy atom. The van der Waals surface area contributed by atoms with Crippen LogP contribution in [-0.2, 0) is 14.1 Å². The van der Waals surface area contributed by atoms with Gasteiger partial charge in [0.1, 0.15) is 0 Å². The molecule has 7 heteroatoms. The summed E-state index contributed by atoms with van der Waals surface area (Å²) in [7, 11) is 5.17. The summed E-state index contributed by atoms with van der Waals surface area (Å²) in [6.45, 7) is 0. The minimum Gasteiger partial charge on any atom is -0.481 e. The molecule has 0 aliphatic heterocycles. The Labute approximate surface area is 104 Å². The number of hydrogen-bond donors (Lipinski definition) is 1. The van der Waals surface area contributed by atoms with Crippen molar-refractivity contribution in [2.24, 2.45) is 19.8 Å². The summed E-state index contributed by atoms with van der Waals surface area (Å²) in [6.07, 6.45) is 1.57. The molecule has 92 valence electrons. The summed E-state index contributed by atoms with van der Waals surface area (Å²) >= 11 is 6.04. The van der Waals surface area contributed by atoms with Gasteiger partial charge in [0, 0.05) is 20.2 Å². The Balaban J connectivity index is 2.40. The molecule has 2 aromatic rings. The number of aromatic nitrogens is 4. The fourth-order valence-corrected chi connectivity index (χ4v) is 2.01. The maximum Gasteiger partial charge on any atom is 0.211 e. The van der Waals surface area contributed by atoms with E-state index in [2.05, 4.69) is 10.2 Å². The Morgan fingerprint density at radius 1 is 1.41 bits per heavy atom. The first-order valence-corrected chi connectivity index (χ1v) is 5.43. The maximum absolute atomic E-state index is 6.12. The predicted molar refractivity (Wildman–Crippen MR) is 64.0 cm³/mol. The molecule has 0 bridgehead atoms. The van der Waals surface area contributed by atoms with Gasteiger partial charge in [0.25, 0.3) is 0 Å². The predicted octanol–water partition coefficient (Wildman–Crippen LogP) is 0.864. The van der Waals surface area contributed by atoms with Crippen LogP contribution in [0.25, 0.3) is 0 Å². The van der Waals surface area contributed by atoms with Crippen molar-refractivity contribution in [3.05, 3.63) is 28.7 Å². The van der Waals surface area contributed by atoms with Crippen LogP contribution in [0, 0.1) is 0 Å². The van der Waals surface area contributed by atoms with E-state index in [0.717, 1.165) is 5.69 Å². The Morgan fingerprint density at radius 2 is 2.12 bits per heavy atom. The van der Waals surface area contributed by atoms with Crippen LogP contribution in [0.1, 0.15) is 17.4 Å². The average molecular weight is 256 g/mol. The molecule has 0 aromatic carbocycles. The van der Waals surface area contributed by atoms with E-state index >= 15 is 0 Å². The lowest BCUT2D eigenvalue weighted by Gasteiger charge is -2.09. The van der Waals surface area contributed by atoms with Crippen LogP contribution in [0.2, 0.25) is 5.02 Å². The number of hydrogen-bond acceptors (Lipinski definition) is 4. The second-order valence-electron chi connectivity index (χ2n) is 3.71. The molecule has 17 heavy (non-hydrogen) atoms. The first kappa shape index (κ1) is 11.9. The van der Waals surface area contributed by atoms with Gasteiger partial charge in [-0.15, -0.1) is 0 Å². The third-order valence-corrected chi connectivity index (χ3v) is 2.91. The highest BCUT2D eigenvalue weighted by atomic mass is 35.5. The van der Waals surface area contributed by atoms with Crippen molar-refractivity contribution in [1.29, 1.82) is 0 Å². The number of nitrogens with zero attached hydrogens (tertiary/aromatic N) is 4. The summed E-state index contributed by atoms with van der Waals surface area (Å²) < 4.78 is 8.41. The highest BCUT2D eigenvalue weighted by molar-refractivity contribution is 6.31. The lowest BCUT2D eigenvalue weighted by molar-refractivity contribution is 0.373. The number of rotatable bonds is 3. The van der Waals surface area contributed by atoms with Crippen molar-refractivity contribution >= 4 is 11.6 Å². The summed E-state index contributed by atoms with van der Waals surface area (Å²) in [5.74, 6) is 0.647. The van der Waals surface area contributed by atoms with Crippen LogP contribution in [0.15, 0.2) is 12.3 Å². The molecule has 0 aliphatic rings. The zero-order valence-electron chi connectivity index (χ0n) is 9.88. The second-order valence-corrected chi connectivity index (χ2v) is 4.12. The first-order chi connectivity index (χ1) is 8.04. The smallest absolute Gasteiger partial charge is 0.211 e. The number of halogens is 1. The summed E-state index contributed by atoms with van der Waals surface area (Å²) in [5.41, 5.74) is 7.54. The molecule has 0 saturated heterocycles. The fraction of sp³-hybridized carbons (Fsp3) is 0.400. The van der Waals surface area contributed by atoms with Crippen LogP contribution in [0.3, 0.4) is 0 Å². The van der Waals surface area contributed by atoms with E-state index in [9.17, 15) is 0 Å². The molecule has 2 N–H and O–H groups in total. The Kier molecular flexibility index (Phi) is 3.08. The van der Waals surface area contributed by atoms with Crippen molar-refractivity contribution in [2.75, 3.05) is 7.11 Å². The lowest BCUT2D eigenvalue weighted by atomic mass is 10.1. The molecule has 1 unspecified atom stereocenters. The van der Waals surface area contributed by atoms with Gasteiger partial charge in [-0.1, -0.05) is 11.6 Å². The van der Waals surface area contributed by atoms with E-state index in [-0.39, 0.29) is 0 Å². The minimum atomic E-state index is -0.426. The number of methoxy groups -OCH3 is 1. The summed E-state index contributed by atoms with van der Waals surface area (Å²) in [6, 6.07) is 1.36. The topological polar surface area (TPSA) is 70.9 Å². The first-order valence-electron chi connectivity index (χ1n) is 5.05. The van der Waals surface area contributed by atoms with Crippen molar-refractivity contribution in [1.82, 2.24) is 19.6 Å². The van der Waals surface area contributed by atoms with E-state index in [1.54, 1.807) is 42.8 Å². The van der Waals surface area contributed by atoms with Gasteiger partial charge in [0.2, 0.25) is 5.88 Å². The Bertz CT molecular complexity index is 513. The van der Waals surface area contributed by atoms with Gasteiger partial charge in [0.15, 0.2) is 0 Å². The fourth-order valence-electron chi connectivity index (χ4n) is 1.72. The van der Waals surface area contributed by atoms with Crippen LogP contribution < -0.4 is 10.5 Å². The highest BCUT2D eigenvalue weighted by Gasteiger charge is 2.20. The van der Waals surface area contributed by atoms with Crippen molar-refractivity contribution in [3.63, 3.8) is 0 Å². The average Bonchev–Trinajstić information content (AvgIpc) is 2.82. The van der Waals surface area contributed by atoms with Gasteiger partial charge in [-0.25, -0.2) is 4.68 Å². The number of ether oxygens (including phenoxy) is 1. The molecule has 0 amide bonds. The van der Waals surface area contributed by atoms with Gasteiger partial charge in [-0.2, -0.15) is 10.2 Å². The standard InChI is InChI=1S/C10H14ClN5O/c1-15-8(17-3)4-7(14-15)9(12)10-6(11)5-13-16(10)2/h4-5,9H,12H2,1-3H3. The van der Waals surface area contributed by atoms with Crippen LogP contribution in [-0.4, -0.2) is 26.7 Å². The summed E-state index contributed by atoms with van der Waals surface area (Å²) in [4.78, 5) is 0. The van der Waals surface area contributed by atoms with Crippen LogP contribution in [0.4, 0.5) is 0 Å². The number of aryl methyl sites for hydroxylation is 2. The quantitative estimate of drug-likeness (QED) is 0.883. The van der Waals surface area contributed by atoms with Gasteiger partial charge in [0.05, 0.1) is 35.8 Å². The van der Waals surface area contributed by atoms with E-state index in [1.165, 1.54) is 0 Å². The zero-order valence-corrected chi connectivity index (χ0v) is 10.6. The molecule has 0 radical (unpaired) electrons. The molecule has 0 fully saturated rings. The van der Waals surface area contributed by atoms with Gasteiger partial charge < -0.3 is 10.5 Å². The zero-order chi connectivity index (χ0) is 12.6. The van der Waals surface area contributed by atoms with E-state index in [1.807, 2.05) is 0 Å². The van der Waals surface area contributed by atoms with Gasteiger partial charge in [-0.3, -0.25) is 4.68 Å². The SMILES string of the molecule is COc1cc(C(N)c2c(Cl)cnn2C)nn1C. The van der Waals surface area contributed by atoms with E-state index in [0.29, 0.717) is 16.6 Å². The molecule has 0 spiro atoms. The van der Waals surface area contributed by atoms with Gasteiger partial charge >= 0.3 is 0 Å². The van der Waals surface area contributed by atoms with Crippen LogP contribution in [0.5, 0.6) is 5.88 Å². The third-order valence-electron chi connectivity index (χ3n) is 2.62. The second kappa shape index (κ2) is 4.38. The minimum absolute atomic E-state index is 0.426. The molecule has 2 heterocycles. The van der Waals surface area contributed by atoms with E-state index in [4.69, 9.17) is 22.1 Å². The molecule has 0 aliphatic carbocycles. The molecule has 1 atom stereocenters. The monoisotopic (exact) mass is 255 g/mol. The van der Waals surface area contributed by atoms with Crippen molar-refractivity contribution < 1.29 is 4.74 Å². The van der Waals surface area contributed by atoms with E-state index < -0.39 is 6.04 Å². The number of nitrogens with two attached hydrogens (primary N) is 1. The molecule has 6 nitrogen and oxygen atoms in total. The molecule has 0 saturated carbocycles. The van der Waals surface area contributed by atoms with Crippen molar-refractivity contribution in [2.45, 2.75) is 6.04 Å². The van der Waals surface area contributed by atoms with Crippen molar-refractivity contribution in [3.8, 4) is 5.88 Å². The largest absolute Gasteiger partial charge is 0.481 e. The van der Waals surface area contributed by atoms with Gasteiger partial charge in [-0.05, 0) is 0 Å². The lowest BCUT2D eigenvalue weighted by Crippen LogP contribution is -2.17. The molecular formula is C10H14ClN5O. The molecule has 2 rings (SSSR count). The maximum atomic E-state index is 6.12. The molecule has 2 aromatic heterocycles.